The fourth-order valence-corrected chi connectivity index (χ4v) is 4.50. The third-order valence-corrected chi connectivity index (χ3v) is 6.56. The van der Waals surface area contributed by atoms with Crippen LogP contribution in [0.25, 0.3) is 0 Å². The normalized spacial score (nSPS) is 10.9. The van der Waals surface area contributed by atoms with Gasteiger partial charge in [-0.25, -0.2) is 14.4 Å². The molecule has 0 aliphatic carbocycles. The molecule has 7 nitrogen and oxygen atoms in total. The predicted molar refractivity (Wildman–Crippen MR) is 136 cm³/mol. The molecule has 3 aromatic rings. The Kier molecular flexibility index (Phi) is 10.9. The number of halogens is 1. The number of carbonyl (C=O) groups is 1. The minimum atomic E-state index is -0.316. The average molecular weight is 498 g/mol. The van der Waals surface area contributed by atoms with E-state index in [0.717, 1.165) is 24.0 Å². The molecule has 35 heavy (non-hydrogen) atoms. The van der Waals surface area contributed by atoms with Gasteiger partial charge in [0.05, 0.1) is 0 Å². The van der Waals surface area contributed by atoms with E-state index in [1.807, 2.05) is 4.57 Å². The number of nitrogens with one attached hydrogen (secondary N) is 1. The summed E-state index contributed by atoms with van der Waals surface area (Å²) in [5.41, 5.74) is 1.93. The first kappa shape index (κ1) is 26.5. The maximum Gasteiger partial charge on any atom is 0.277 e. The highest BCUT2D eigenvalue weighted by molar-refractivity contribution is 7.98. The van der Waals surface area contributed by atoms with E-state index in [1.54, 1.807) is 30.7 Å². The van der Waals surface area contributed by atoms with Crippen LogP contribution in [0, 0.1) is 5.82 Å². The van der Waals surface area contributed by atoms with Crippen molar-refractivity contribution >= 4 is 17.7 Å². The second kappa shape index (κ2) is 14.4. The standard InChI is InChI=1S/C26H32FN5O2S/c1-2-3-4-5-6-12-30-24(33)11-13-32-17-22(14-21-15-28-19-29-16-21)25(34)31-26(32)35-18-20-7-9-23(27)10-8-20/h7-10,15-17,19H,2-6,11-14,18H2,1H3,(H,30,33). The fourth-order valence-electron chi connectivity index (χ4n) is 3.55. The van der Waals surface area contributed by atoms with Gasteiger partial charge in [-0.1, -0.05) is 56.5 Å². The molecule has 0 atom stereocenters. The van der Waals surface area contributed by atoms with E-state index < -0.39 is 0 Å². The van der Waals surface area contributed by atoms with Gasteiger partial charge in [-0.2, -0.15) is 4.98 Å². The Bertz CT molecular complexity index is 1120. The molecule has 0 saturated carbocycles. The number of thioether (sulfide) groups is 1. The van der Waals surface area contributed by atoms with E-state index in [1.165, 1.54) is 49.5 Å². The van der Waals surface area contributed by atoms with Crippen LogP contribution < -0.4 is 10.9 Å². The smallest absolute Gasteiger partial charge is 0.277 e. The van der Waals surface area contributed by atoms with Gasteiger partial charge in [-0.05, 0) is 29.7 Å². The maximum atomic E-state index is 13.2. The summed E-state index contributed by atoms with van der Waals surface area (Å²) in [4.78, 5) is 37.5. The Labute approximate surface area is 209 Å². The molecule has 0 bridgehead atoms. The van der Waals surface area contributed by atoms with Crippen LogP contribution in [0.15, 0.2) is 59.1 Å². The number of hydrogen-bond acceptors (Lipinski definition) is 6. The number of carbonyl (C=O) groups excluding carboxylic acids is 1. The highest BCUT2D eigenvalue weighted by atomic mass is 32.2. The van der Waals surface area contributed by atoms with Gasteiger partial charge < -0.3 is 9.88 Å². The summed E-state index contributed by atoms with van der Waals surface area (Å²) >= 11 is 1.39. The molecule has 186 valence electrons. The predicted octanol–water partition coefficient (Wildman–Crippen LogP) is 4.53. The van der Waals surface area contributed by atoms with Crippen molar-refractivity contribution < 1.29 is 9.18 Å². The van der Waals surface area contributed by atoms with E-state index >= 15 is 0 Å². The number of aromatic nitrogens is 4. The molecule has 1 amide bonds. The second-order valence-electron chi connectivity index (χ2n) is 8.40. The van der Waals surface area contributed by atoms with Gasteiger partial charge in [0.15, 0.2) is 5.16 Å². The number of benzene rings is 1. The fraction of sp³-hybridized carbons (Fsp3) is 0.423. The van der Waals surface area contributed by atoms with Crippen molar-refractivity contribution in [3.63, 3.8) is 0 Å². The first-order valence-electron chi connectivity index (χ1n) is 12.0. The molecule has 0 fully saturated rings. The zero-order valence-corrected chi connectivity index (χ0v) is 20.9. The molecule has 0 saturated heterocycles. The Balaban J connectivity index is 1.67. The molecule has 0 aliphatic heterocycles. The van der Waals surface area contributed by atoms with Gasteiger partial charge in [0.25, 0.3) is 5.56 Å². The van der Waals surface area contributed by atoms with Crippen molar-refractivity contribution in [2.24, 2.45) is 0 Å². The van der Waals surface area contributed by atoms with Gasteiger partial charge in [-0.3, -0.25) is 9.59 Å². The number of unbranched alkanes of at least 4 members (excludes halogenated alkanes) is 4. The SMILES string of the molecule is CCCCCCCNC(=O)CCn1cc(Cc2cncnc2)c(=O)nc1SCc1ccc(F)cc1. The molecule has 9 heteroatoms. The van der Waals surface area contributed by atoms with E-state index in [9.17, 15) is 14.0 Å². The third kappa shape index (κ3) is 9.24. The van der Waals surface area contributed by atoms with Crippen LogP contribution in [0.1, 0.15) is 62.1 Å². The highest BCUT2D eigenvalue weighted by Crippen LogP contribution is 2.21. The van der Waals surface area contributed by atoms with Crippen molar-refractivity contribution in [1.82, 2.24) is 24.8 Å². The van der Waals surface area contributed by atoms with Crippen molar-refractivity contribution in [2.45, 2.75) is 69.3 Å². The van der Waals surface area contributed by atoms with E-state index in [2.05, 4.69) is 27.2 Å². The lowest BCUT2D eigenvalue weighted by molar-refractivity contribution is -0.121. The van der Waals surface area contributed by atoms with E-state index in [0.29, 0.717) is 36.0 Å². The summed E-state index contributed by atoms with van der Waals surface area (Å²) in [5.74, 6) is 0.216. The minimum absolute atomic E-state index is 0.0216. The molecular weight excluding hydrogens is 465 g/mol. The topological polar surface area (TPSA) is 89.8 Å². The maximum absolute atomic E-state index is 13.2. The van der Waals surface area contributed by atoms with E-state index in [4.69, 9.17) is 0 Å². The summed E-state index contributed by atoms with van der Waals surface area (Å²) < 4.78 is 15.1. The first-order valence-corrected chi connectivity index (χ1v) is 13.0. The number of aryl methyl sites for hydroxylation is 1. The van der Waals surface area contributed by atoms with Crippen molar-refractivity contribution in [1.29, 1.82) is 0 Å². The monoisotopic (exact) mass is 497 g/mol. The zero-order valence-electron chi connectivity index (χ0n) is 20.1. The molecule has 2 heterocycles. The summed E-state index contributed by atoms with van der Waals surface area (Å²) in [7, 11) is 0. The number of nitrogens with zero attached hydrogens (tertiary/aromatic N) is 4. The summed E-state index contributed by atoms with van der Waals surface area (Å²) in [6.07, 6.45) is 12.9. The minimum Gasteiger partial charge on any atom is -0.356 e. The van der Waals surface area contributed by atoms with Crippen LogP contribution in [0.2, 0.25) is 0 Å². The lowest BCUT2D eigenvalue weighted by Gasteiger charge is -2.14. The van der Waals surface area contributed by atoms with Gasteiger partial charge in [0, 0.05) is 55.8 Å². The lowest BCUT2D eigenvalue weighted by atomic mass is 10.1. The molecule has 0 spiro atoms. The molecule has 3 rings (SSSR count). The third-order valence-electron chi connectivity index (χ3n) is 5.50. The lowest BCUT2D eigenvalue weighted by Crippen LogP contribution is -2.26. The van der Waals surface area contributed by atoms with Crippen LogP contribution in [-0.4, -0.2) is 32.0 Å². The highest BCUT2D eigenvalue weighted by Gasteiger charge is 2.12. The van der Waals surface area contributed by atoms with Crippen molar-refractivity contribution in [3.8, 4) is 0 Å². The van der Waals surface area contributed by atoms with Crippen LogP contribution in [0.4, 0.5) is 4.39 Å². The van der Waals surface area contributed by atoms with Crippen LogP contribution in [0.3, 0.4) is 0 Å². The Morgan fingerprint density at radius 3 is 2.54 bits per heavy atom. The molecule has 2 aromatic heterocycles. The Morgan fingerprint density at radius 1 is 1.06 bits per heavy atom. The second-order valence-corrected chi connectivity index (χ2v) is 9.34. The summed E-state index contributed by atoms with van der Waals surface area (Å²) in [6.45, 7) is 3.26. The van der Waals surface area contributed by atoms with Gasteiger partial charge >= 0.3 is 0 Å². The Morgan fingerprint density at radius 2 is 1.80 bits per heavy atom. The number of rotatable bonds is 14. The van der Waals surface area contributed by atoms with Gasteiger partial charge in [-0.15, -0.1) is 0 Å². The molecule has 0 aliphatic rings. The van der Waals surface area contributed by atoms with Crippen LogP contribution >= 0.6 is 11.8 Å². The van der Waals surface area contributed by atoms with Crippen molar-refractivity contribution in [3.05, 3.63) is 82.0 Å². The Hall–Kier alpha value is -3.07. The van der Waals surface area contributed by atoms with E-state index in [-0.39, 0.29) is 23.7 Å². The largest absolute Gasteiger partial charge is 0.356 e. The molecule has 1 N–H and O–H groups in total. The van der Waals surface area contributed by atoms with Gasteiger partial charge in [0.1, 0.15) is 12.1 Å². The first-order chi connectivity index (χ1) is 17.0. The number of amides is 1. The van der Waals surface area contributed by atoms with Crippen LogP contribution in [0.5, 0.6) is 0 Å². The zero-order chi connectivity index (χ0) is 24.9. The molecule has 0 radical (unpaired) electrons. The molecule has 1 aromatic carbocycles. The summed E-state index contributed by atoms with van der Waals surface area (Å²) in [5, 5.41) is 3.51. The quantitative estimate of drug-likeness (QED) is 0.200. The average Bonchev–Trinajstić information content (AvgIpc) is 2.87. The molecule has 0 unspecified atom stereocenters. The number of hydrogen-bond donors (Lipinski definition) is 1. The van der Waals surface area contributed by atoms with Gasteiger partial charge in [0.2, 0.25) is 5.91 Å². The van der Waals surface area contributed by atoms with Crippen molar-refractivity contribution in [2.75, 3.05) is 6.54 Å². The van der Waals surface area contributed by atoms with Crippen LogP contribution in [-0.2, 0) is 23.5 Å². The summed E-state index contributed by atoms with van der Waals surface area (Å²) in [6, 6.07) is 6.24. The molecular formula is C26H32FN5O2S.